The van der Waals surface area contributed by atoms with Crippen LogP contribution < -0.4 is 11.1 Å². The Morgan fingerprint density at radius 1 is 1.33 bits per heavy atom. The summed E-state index contributed by atoms with van der Waals surface area (Å²) in [5.74, 6) is 0.910. The molecule has 0 amide bonds. The van der Waals surface area contributed by atoms with E-state index < -0.39 is 0 Å². The molecule has 1 heterocycles. The maximum atomic E-state index is 5.98. The molecule has 0 spiro atoms. The first-order chi connectivity index (χ1) is 8.78. The smallest absolute Gasteiger partial charge is 0.130 e. The predicted molar refractivity (Wildman–Crippen MR) is 76.9 cm³/mol. The molecule has 0 aliphatic heterocycles. The highest BCUT2D eigenvalue weighted by atomic mass is 32.2. The van der Waals surface area contributed by atoms with Crippen molar-refractivity contribution in [3.05, 3.63) is 12.4 Å². The Morgan fingerprint density at radius 2 is 2.11 bits per heavy atom. The number of nitrogens with zero attached hydrogens (tertiary/aromatic N) is 2. The molecule has 0 saturated heterocycles. The van der Waals surface area contributed by atoms with Crippen molar-refractivity contribution < 1.29 is 0 Å². The van der Waals surface area contributed by atoms with E-state index in [4.69, 9.17) is 5.73 Å². The monoisotopic (exact) mass is 266 g/mol. The van der Waals surface area contributed by atoms with Gasteiger partial charge in [0.2, 0.25) is 0 Å². The maximum Gasteiger partial charge on any atom is 0.130 e. The largest absolute Gasteiger partial charge is 0.369 e. The van der Waals surface area contributed by atoms with Crippen LogP contribution >= 0.6 is 11.8 Å². The number of nitrogens with one attached hydrogen (secondary N) is 1. The van der Waals surface area contributed by atoms with Crippen LogP contribution in [0.1, 0.15) is 32.1 Å². The average molecular weight is 266 g/mol. The van der Waals surface area contributed by atoms with Gasteiger partial charge in [-0.2, -0.15) is 0 Å². The molecule has 1 aromatic rings. The summed E-state index contributed by atoms with van der Waals surface area (Å²) in [6.07, 6.45) is 10.1. The summed E-state index contributed by atoms with van der Waals surface area (Å²) in [6.45, 7) is 1.69. The third-order valence-electron chi connectivity index (χ3n) is 3.84. The van der Waals surface area contributed by atoms with Crippen molar-refractivity contribution in [3.63, 3.8) is 0 Å². The fourth-order valence-corrected chi connectivity index (χ4v) is 2.96. The lowest BCUT2D eigenvalue weighted by molar-refractivity contribution is 0.215. The summed E-state index contributed by atoms with van der Waals surface area (Å²) in [5.41, 5.74) is 6.25. The Bertz CT molecular complexity index is 377. The lowest BCUT2D eigenvalue weighted by Crippen LogP contribution is -2.39. The van der Waals surface area contributed by atoms with Gasteiger partial charge in [-0.3, -0.25) is 0 Å². The van der Waals surface area contributed by atoms with E-state index in [1.54, 1.807) is 18.1 Å². The van der Waals surface area contributed by atoms with Crippen molar-refractivity contribution in [2.24, 2.45) is 11.1 Å². The van der Waals surface area contributed by atoms with Crippen molar-refractivity contribution in [1.82, 2.24) is 9.97 Å². The molecule has 0 atom stereocenters. The van der Waals surface area contributed by atoms with Gasteiger partial charge in [-0.1, -0.05) is 19.3 Å². The summed E-state index contributed by atoms with van der Waals surface area (Å²) in [7, 11) is 0. The van der Waals surface area contributed by atoms with Crippen LogP contribution in [0.15, 0.2) is 17.4 Å². The van der Waals surface area contributed by atoms with E-state index in [1.807, 2.05) is 12.3 Å². The van der Waals surface area contributed by atoms with E-state index >= 15 is 0 Å². The summed E-state index contributed by atoms with van der Waals surface area (Å²) in [6, 6.07) is 2.00. The summed E-state index contributed by atoms with van der Waals surface area (Å²) < 4.78 is 0. The molecule has 4 nitrogen and oxygen atoms in total. The van der Waals surface area contributed by atoms with Crippen LogP contribution in [0.3, 0.4) is 0 Å². The molecule has 18 heavy (non-hydrogen) atoms. The minimum Gasteiger partial charge on any atom is -0.369 e. The van der Waals surface area contributed by atoms with Crippen LogP contribution in [0.2, 0.25) is 0 Å². The molecule has 1 saturated carbocycles. The van der Waals surface area contributed by atoms with Crippen LogP contribution in [0.5, 0.6) is 0 Å². The average Bonchev–Trinajstić information content (AvgIpc) is 2.46. The SMILES string of the molecule is CSc1cc(NCC2(CN)CCCCC2)ncn1. The van der Waals surface area contributed by atoms with Crippen LogP contribution in [0.4, 0.5) is 5.82 Å². The van der Waals surface area contributed by atoms with Gasteiger partial charge in [-0.05, 0) is 31.1 Å². The second-order valence-corrected chi connectivity index (χ2v) is 5.89. The van der Waals surface area contributed by atoms with Gasteiger partial charge >= 0.3 is 0 Å². The number of anilines is 1. The molecule has 1 fully saturated rings. The summed E-state index contributed by atoms with van der Waals surface area (Å²) >= 11 is 1.63. The highest BCUT2D eigenvalue weighted by molar-refractivity contribution is 7.98. The van der Waals surface area contributed by atoms with Crippen molar-refractivity contribution >= 4 is 17.6 Å². The third kappa shape index (κ3) is 3.36. The first-order valence-corrected chi connectivity index (χ1v) is 7.80. The van der Waals surface area contributed by atoms with Crippen molar-refractivity contribution in [2.45, 2.75) is 37.1 Å². The normalized spacial score (nSPS) is 18.6. The molecule has 100 valence electrons. The van der Waals surface area contributed by atoms with Gasteiger partial charge in [0.25, 0.3) is 0 Å². The van der Waals surface area contributed by atoms with E-state index in [-0.39, 0.29) is 5.41 Å². The Balaban J connectivity index is 1.96. The zero-order valence-electron chi connectivity index (χ0n) is 11.0. The van der Waals surface area contributed by atoms with Crippen LogP contribution in [-0.2, 0) is 0 Å². The van der Waals surface area contributed by atoms with Crippen LogP contribution in [0.25, 0.3) is 0 Å². The number of aromatic nitrogens is 2. The molecule has 3 N–H and O–H groups in total. The standard InChI is InChI=1S/C13H22N4S/c1-18-12-7-11(16-10-17-12)15-9-13(8-14)5-3-2-4-6-13/h7,10H,2-6,8-9,14H2,1H3,(H,15,16,17). The fraction of sp³-hybridized carbons (Fsp3) is 0.692. The molecular weight excluding hydrogens is 244 g/mol. The van der Waals surface area contributed by atoms with Gasteiger partial charge < -0.3 is 11.1 Å². The Morgan fingerprint density at radius 3 is 2.78 bits per heavy atom. The molecule has 2 rings (SSSR count). The summed E-state index contributed by atoms with van der Waals surface area (Å²) in [4.78, 5) is 8.44. The number of thioether (sulfide) groups is 1. The van der Waals surface area contributed by atoms with E-state index in [1.165, 1.54) is 32.1 Å². The van der Waals surface area contributed by atoms with Crippen molar-refractivity contribution in [1.29, 1.82) is 0 Å². The number of hydrogen-bond donors (Lipinski definition) is 2. The zero-order chi connectivity index (χ0) is 12.8. The lowest BCUT2D eigenvalue weighted by atomic mass is 9.74. The maximum absolute atomic E-state index is 5.98. The second-order valence-electron chi connectivity index (χ2n) is 5.06. The predicted octanol–water partition coefficient (Wildman–Crippen LogP) is 2.52. The Labute approximate surface area is 113 Å². The highest BCUT2D eigenvalue weighted by Gasteiger charge is 2.30. The topological polar surface area (TPSA) is 63.8 Å². The van der Waals surface area contributed by atoms with Gasteiger partial charge in [0.1, 0.15) is 17.2 Å². The third-order valence-corrected chi connectivity index (χ3v) is 4.48. The van der Waals surface area contributed by atoms with Crippen LogP contribution in [-0.4, -0.2) is 29.3 Å². The van der Waals surface area contributed by atoms with Gasteiger partial charge in [-0.25, -0.2) is 9.97 Å². The molecule has 1 aromatic heterocycles. The lowest BCUT2D eigenvalue weighted by Gasteiger charge is -2.36. The first-order valence-electron chi connectivity index (χ1n) is 6.58. The number of nitrogens with two attached hydrogens (primary N) is 1. The van der Waals surface area contributed by atoms with E-state index in [0.717, 1.165) is 23.9 Å². The second kappa shape index (κ2) is 6.38. The van der Waals surface area contributed by atoms with Gasteiger partial charge in [0.05, 0.1) is 0 Å². The molecule has 0 aromatic carbocycles. The summed E-state index contributed by atoms with van der Waals surface area (Å²) in [5, 5.41) is 4.43. The van der Waals surface area contributed by atoms with Gasteiger partial charge in [-0.15, -0.1) is 11.8 Å². The van der Waals surface area contributed by atoms with Crippen LogP contribution in [0, 0.1) is 5.41 Å². The molecule has 0 radical (unpaired) electrons. The van der Waals surface area contributed by atoms with Crippen molar-refractivity contribution in [2.75, 3.05) is 24.7 Å². The first kappa shape index (κ1) is 13.6. The van der Waals surface area contributed by atoms with E-state index in [9.17, 15) is 0 Å². The quantitative estimate of drug-likeness (QED) is 0.633. The molecule has 0 unspecified atom stereocenters. The fourth-order valence-electron chi connectivity index (χ4n) is 2.58. The minimum absolute atomic E-state index is 0.267. The Kier molecular flexibility index (Phi) is 4.83. The molecule has 1 aliphatic carbocycles. The van der Waals surface area contributed by atoms with Gasteiger partial charge in [0.15, 0.2) is 0 Å². The molecular formula is C13H22N4S. The number of rotatable bonds is 5. The van der Waals surface area contributed by atoms with Gasteiger partial charge in [0, 0.05) is 12.6 Å². The molecule has 1 aliphatic rings. The zero-order valence-corrected chi connectivity index (χ0v) is 11.8. The van der Waals surface area contributed by atoms with Crippen molar-refractivity contribution in [3.8, 4) is 0 Å². The molecule has 5 heteroatoms. The highest BCUT2D eigenvalue weighted by Crippen LogP contribution is 2.35. The van der Waals surface area contributed by atoms with E-state index in [2.05, 4.69) is 15.3 Å². The minimum atomic E-state index is 0.267. The number of hydrogen-bond acceptors (Lipinski definition) is 5. The molecule has 0 bridgehead atoms. The van der Waals surface area contributed by atoms with E-state index in [0.29, 0.717) is 0 Å². The Hall–Kier alpha value is -0.810.